The number of aromatic hydroxyl groups is 1. The minimum atomic E-state index is -0.353. The van der Waals surface area contributed by atoms with Gasteiger partial charge in [-0.2, -0.15) is 0 Å². The second kappa shape index (κ2) is 10.7. The molecule has 0 spiro atoms. The summed E-state index contributed by atoms with van der Waals surface area (Å²) in [6.45, 7) is 2.63. The molecule has 2 aliphatic heterocycles. The van der Waals surface area contributed by atoms with E-state index in [2.05, 4.69) is 25.1 Å². The number of carbonyl (C=O) groups is 2. The van der Waals surface area contributed by atoms with E-state index in [9.17, 15) is 14.7 Å². The highest BCUT2D eigenvalue weighted by Crippen LogP contribution is 2.51. The van der Waals surface area contributed by atoms with Gasteiger partial charge in [-0.15, -0.1) is 0 Å². The number of rotatable bonds is 7. The van der Waals surface area contributed by atoms with Gasteiger partial charge < -0.3 is 9.84 Å². The van der Waals surface area contributed by atoms with Crippen LogP contribution in [0.2, 0.25) is 0 Å². The summed E-state index contributed by atoms with van der Waals surface area (Å²) in [6.07, 6.45) is 5.21. The fourth-order valence-corrected chi connectivity index (χ4v) is 6.65. The van der Waals surface area contributed by atoms with Crippen molar-refractivity contribution in [2.75, 3.05) is 11.5 Å². The van der Waals surface area contributed by atoms with Crippen LogP contribution in [0.3, 0.4) is 0 Å². The van der Waals surface area contributed by atoms with Crippen LogP contribution in [0.5, 0.6) is 5.75 Å². The molecule has 1 N–H and O–H groups in total. The van der Waals surface area contributed by atoms with E-state index in [1.807, 2.05) is 60.7 Å². The average Bonchev–Trinajstić information content (AvgIpc) is 3.50. The Morgan fingerprint density at radius 3 is 2.31 bits per heavy atom. The van der Waals surface area contributed by atoms with Crippen LogP contribution in [-0.4, -0.2) is 29.6 Å². The van der Waals surface area contributed by atoms with Crippen LogP contribution in [-0.2, 0) is 14.3 Å². The summed E-state index contributed by atoms with van der Waals surface area (Å²) >= 11 is 0. The molecule has 3 aromatic rings. The maximum absolute atomic E-state index is 13.7. The van der Waals surface area contributed by atoms with Crippen LogP contribution < -0.4 is 4.90 Å². The number of benzene rings is 3. The van der Waals surface area contributed by atoms with Gasteiger partial charge in [-0.25, -0.2) is 0 Å². The van der Waals surface area contributed by atoms with E-state index >= 15 is 0 Å². The fourth-order valence-electron chi connectivity index (χ4n) is 6.65. The van der Waals surface area contributed by atoms with Crippen LogP contribution in [0.1, 0.15) is 43.7 Å². The van der Waals surface area contributed by atoms with Gasteiger partial charge in [0.25, 0.3) is 0 Å². The molecule has 2 saturated heterocycles. The van der Waals surface area contributed by atoms with Crippen LogP contribution >= 0.6 is 0 Å². The maximum Gasteiger partial charge on any atom is 0.238 e. The van der Waals surface area contributed by atoms with E-state index in [0.29, 0.717) is 18.7 Å². The number of nitrogens with zero attached hydrogens (tertiary/aromatic N) is 1. The van der Waals surface area contributed by atoms with E-state index in [0.717, 1.165) is 30.4 Å². The van der Waals surface area contributed by atoms with Gasteiger partial charge in [0.05, 0.1) is 30.2 Å². The van der Waals surface area contributed by atoms with E-state index in [4.69, 9.17) is 4.74 Å². The van der Waals surface area contributed by atoms with Gasteiger partial charge in [0.1, 0.15) is 5.75 Å². The first-order valence-electron chi connectivity index (χ1n) is 13.9. The van der Waals surface area contributed by atoms with Crippen molar-refractivity contribution >= 4 is 29.2 Å². The van der Waals surface area contributed by atoms with E-state index < -0.39 is 0 Å². The van der Waals surface area contributed by atoms with Crippen molar-refractivity contribution in [3.05, 3.63) is 107 Å². The monoisotopic (exact) mass is 519 g/mol. The number of hydrogen-bond acceptors (Lipinski definition) is 4. The first-order valence-corrected chi connectivity index (χ1v) is 13.9. The summed E-state index contributed by atoms with van der Waals surface area (Å²) in [5.74, 6) is -0.621. The zero-order chi connectivity index (χ0) is 26.9. The number of hydrogen-bond donors (Lipinski definition) is 1. The SMILES string of the molecule is CCC1=C2[C@@H](CC/C(=C/c3ccc(O)cc3)c3ccccc3)OC[C@@H]2[C@@H]2C(=O)N(c3ccccc3)C(=O)[C@@H]2C1. The molecule has 0 radical (unpaired) electrons. The Labute approximate surface area is 229 Å². The Hall–Kier alpha value is -3.96. The summed E-state index contributed by atoms with van der Waals surface area (Å²) in [4.78, 5) is 28.5. The molecule has 0 unspecified atom stereocenters. The molecule has 2 fully saturated rings. The van der Waals surface area contributed by atoms with Crippen LogP contribution in [0, 0.1) is 17.8 Å². The number of amides is 2. The van der Waals surface area contributed by atoms with Gasteiger partial charge in [-0.3, -0.25) is 14.5 Å². The average molecular weight is 520 g/mol. The quantitative estimate of drug-likeness (QED) is 0.216. The molecular weight excluding hydrogens is 486 g/mol. The van der Waals surface area contributed by atoms with Crippen LogP contribution in [0.25, 0.3) is 11.6 Å². The molecule has 2 amide bonds. The number of para-hydroxylation sites is 1. The van der Waals surface area contributed by atoms with Gasteiger partial charge >= 0.3 is 0 Å². The molecule has 1 aliphatic carbocycles. The van der Waals surface area contributed by atoms with E-state index in [1.54, 1.807) is 12.1 Å². The molecule has 5 nitrogen and oxygen atoms in total. The summed E-state index contributed by atoms with van der Waals surface area (Å²) in [7, 11) is 0. The number of anilines is 1. The first kappa shape index (κ1) is 25.3. The number of phenolic OH excluding ortho intramolecular Hbond substituents is 1. The van der Waals surface area contributed by atoms with E-state index in [1.165, 1.54) is 21.6 Å². The minimum absolute atomic E-state index is 0.0462. The summed E-state index contributed by atoms with van der Waals surface area (Å²) in [6, 6.07) is 26.9. The Kier molecular flexibility index (Phi) is 6.92. The lowest BCUT2D eigenvalue weighted by molar-refractivity contribution is -0.122. The molecule has 0 bridgehead atoms. The smallest absolute Gasteiger partial charge is 0.238 e. The van der Waals surface area contributed by atoms with Gasteiger partial charge in [-0.1, -0.05) is 79.2 Å². The highest BCUT2D eigenvalue weighted by molar-refractivity contribution is 6.22. The van der Waals surface area contributed by atoms with E-state index in [-0.39, 0.29) is 41.4 Å². The predicted molar refractivity (Wildman–Crippen MR) is 153 cm³/mol. The third-order valence-electron chi connectivity index (χ3n) is 8.50. The zero-order valence-electron chi connectivity index (χ0n) is 22.1. The number of allylic oxidation sites excluding steroid dienone is 2. The van der Waals surface area contributed by atoms with Crippen molar-refractivity contribution in [3.8, 4) is 5.75 Å². The van der Waals surface area contributed by atoms with Crippen molar-refractivity contribution in [1.82, 2.24) is 0 Å². The second-order valence-corrected chi connectivity index (χ2v) is 10.7. The molecule has 0 saturated carbocycles. The molecule has 198 valence electrons. The lowest BCUT2D eigenvalue weighted by atomic mass is 9.69. The Morgan fingerprint density at radius 1 is 0.923 bits per heavy atom. The Morgan fingerprint density at radius 2 is 1.62 bits per heavy atom. The maximum atomic E-state index is 13.7. The number of ether oxygens (including phenoxy) is 1. The second-order valence-electron chi connectivity index (χ2n) is 10.7. The van der Waals surface area contributed by atoms with Crippen molar-refractivity contribution in [2.24, 2.45) is 17.8 Å². The third kappa shape index (κ3) is 4.72. The van der Waals surface area contributed by atoms with Crippen molar-refractivity contribution in [3.63, 3.8) is 0 Å². The Balaban J connectivity index is 1.26. The van der Waals surface area contributed by atoms with Crippen LogP contribution in [0.4, 0.5) is 5.69 Å². The molecule has 0 aromatic heterocycles. The standard InChI is InChI=1S/C34H33NO4/c1-2-23-20-28-32(34(38)35(33(28)37)26-11-7-4-8-12-26)29-21-39-30(31(23)29)18-15-25(24-9-5-3-6-10-24)19-22-13-16-27(36)17-14-22/h3-14,16-17,19,28-30,32,36H,2,15,18,20-21H2,1H3/b25-19-/t28-,29+,30-,32-/m1/s1. The van der Waals surface area contributed by atoms with Gasteiger partial charge in [0.2, 0.25) is 11.8 Å². The lowest BCUT2D eigenvalue weighted by Gasteiger charge is -2.31. The molecule has 2 heterocycles. The molecule has 39 heavy (non-hydrogen) atoms. The molecule has 6 rings (SSSR count). The lowest BCUT2D eigenvalue weighted by Crippen LogP contribution is -2.34. The molecule has 3 aromatic carbocycles. The zero-order valence-corrected chi connectivity index (χ0v) is 22.1. The normalized spacial score (nSPS) is 24.7. The molecule has 4 atom stereocenters. The number of carbonyl (C=O) groups excluding carboxylic acids is 2. The number of fused-ring (bicyclic) bond motifs is 3. The molecule has 3 aliphatic rings. The topological polar surface area (TPSA) is 66.8 Å². The third-order valence-corrected chi connectivity index (χ3v) is 8.50. The predicted octanol–water partition coefficient (Wildman–Crippen LogP) is 6.64. The van der Waals surface area contributed by atoms with Crippen molar-refractivity contribution in [1.29, 1.82) is 0 Å². The summed E-state index contributed by atoms with van der Waals surface area (Å²) in [5, 5.41) is 9.70. The van der Waals surface area contributed by atoms with Crippen molar-refractivity contribution < 1.29 is 19.4 Å². The molecular formula is C34H33NO4. The highest BCUT2D eigenvalue weighted by Gasteiger charge is 2.57. The molecule has 5 heteroatoms. The Bertz CT molecular complexity index is 1430. The number of phenols is 1. The van der Waals surface area contributed by atoms with Crippen molar-refractivity contribution in [2.45, 2.75) is 38.7 Å². The summed E-state index contributed by atoms with van der Waals surface area (Å²) in [5.41, 5.74) is 6.58. The fraction of sp³-hybridized carbons (Fsp3) is 0.294. The number of imide groups is 1. The van der Waals surface area contributed by atoms with Gasteiger partial charge in [0.15, 0.2) is 0 Å². The van der Waals surface area contributed by atoms with Gasteiger partial charge in [0, 0.05) is 5.92 Å². The first-order chi connectivity index (χ1) is 19.0. The highest BCUT2D eigenvalue weighted by atomic mass is 16.5. The summed E-state index contributed by atoms with van der Waals surface area (Å²) < 4.78 is 6.42. The largest absolute Gasteiger partial charge is 0.508 e. The van der Waals surface area contributed by atoms with Gasteiger partial charge in [-0.05, 0) is 72.2 Å². The van der Waals surface area contributed by atoms with Crippen LogP contribution in [0.15, 0.2) is 96.1 Å². The minimum Gasteiger partial charge on any atom is -0.508 e.